The van der Waals surface area contributed by atoms with Gasteiger partial charge in [-0.3, -0.25) is 4.79 Å². The highest BCUT2D eigenvalue weighted by Gasteiger charge is 2.36. The van der Waals surface area contributed by atoms with Gasteiger partial charge in [-0.15, -0.1) is 0 Å². The number of halogens is 3. The van der Waals surface area contributed by atoms with Gasteiger partial charge in [0.25, 0.3) is 5.91 Å². The lowest BCUT2D eigenvalue weighted by atomic mass is 10.1. The second kappa shape index (κ2) is 6.87. The fraction of sp³-hybridized carbons (Fsp3) is 0.316. The lowest BCUT2D eigenvalue weighted by Crippen LogP contribution is -2.40. The molecule has 0 saturated carbocycles. The van der Waals surface area contributed by atoms with Crippen molar-refractivity contribution in [2.45, 2.75) is 6.18 Å². The Morgan fingerprint density at radius 3 is 2.57 bits per heavy atom. The molecular formula is C19H15F3N4O4. The third-order valence-corrected chi connectivity index (χ3v) is 4.90. The molecule has 1 fully saturated rings. The lowest BCUT2D eigenvalue weighted by molar-refractivity contribution is -0.142. The fourth-order valence-electron chi connectivity index (χ4n) is 3.41. The number of hydrogen-bond acceptors (Lipinski definition) is 6. The average molecular weight is 420 g/mol. The van der Waals surface area contributed by atoms with Crippen LogP contribution < -0.4 is 9.47 Å². The van der Waals surface area contributed by atoms with Crippen molar-refractivity contribution >= 4 is 11.6 Å². The van der Waals surface area contributed by atoms with E-state index >= 15 is 0 Å². The van der Waals surface area contributed by atoms with E-state index in [1.54, 1.807) is 18.2 Å². The Morgan fingerprint density at radius 2 is 1.80 bits per heavy atom. The first kappa shape index (κ1) is 18.7. The molecule has 5 rings (SSSR count). The second-order valence-corrected chi connectivity index (χ2v) is 6.80. The highest BCUT2D eigenvalue weighted by molar-refractivity contribution is 5.93. The van der Waals surface area contributed by atoms with E-state index in [4.69, 9.17) is 14.2 Å². The number of carbonyl (C=O) groups is 1. The Hall–Kier alpha value is -3.34. The molecule has 1 amide bonds. The maximum absolute atomic E-state index is 13.8. The van der Waals surface area contributed by atoms with Gasteiger partial charge >= 0.3 is 6.18 Å². The van der Waals surface area contributed by atoms with Gasteiger partial charge in [-0.2, -0.15) is 18.3 Å². The van der Waals surface area contributed by atoms with E-state index in [0.29, 0.717) is 47.9 Å². The molecule has 3 aromatic rings. The van der Waals surface area contributed by atoms with Gasteiger partial charge in [0.1, 0.15) is 0 Å². The highest BCUT2D eigenvalue weighted by atomic mass is 19.4. The van der Waals surface area contributed by atoms with E-state index < -0.39 is 17.8 Å². The third kappa shape index (κ3) is 3.20. The van der Waals surface area contributed by atoms with E-state index in [9.17, 15) is 18.0 Å². The number of nitrogens with zero attached hydrogens (tertiary/aromatic N) is 4. The maximum Gasteiger partial charge on any atom is 0.433 e. The molecule has 2 aliphatic rings. The van der Waals surface area contributed by atoms with Crippen LogP contribution in [0.1, 0.15) is 16.2 Å². The lowest BCUT2D eigenvalue weighted by Gasteiger charge is -2.25. The first-order chi connectivity index (χ1) is 14.4. The number of carbonyl (C=O) groups excluding carboxylic acids is 1. The summed E-state index contributed by atoms with van der Waals surface area (Å²) in [6.45, 7) is 1.51. The predicted octanol–water partition coefficient (Wildman–Crippen LogP) is 2.62. The molecule has 0 aliphatic carbocycles. The van der Waals surface area contributed by atoms with Crippen LogP contribution in [0.25, 0.3) is 16.9 Å². The van der Waals surface area contributed by atoms with Crippen LogP contribution in [0.15, 0.2) is 30.3 Å². The fourth-order valence-corrected chi connectivity index (χ4v) is 3.41. The SMILES string of the molecule is O=C(c1cc2nc(-c3ccc4c(c3)OCO4)cc(C(F)(F)F)n2n1)N1CCOCC1. The van der Waals surface area contributed by atoms with Crippen LogP contribution in [0, 0.1) is 0 Å². The maximum atomic E-state index is 13.8. The van der Waals surface area contributed by atoms with E-state index in [2.05, 4.69) is 10.1 Å². The highest BCUT2D eigenvalue weighted by Crippen LogP contribution is 2.37. The number of aromatic nitrogens is 3. The summed E-state index contributed by atoms with van der Waals surface area (Å²) in [4.78, 5) is 18.5. The van der Waals surface area contributed by atoms with E-state index in [1.807, 2.05) is 0 Å². The topological polar surface area (TPSA) is 78.2 Å². The van der Waals surface area contributed by atoms with E-state index in [-0.39, 0.29) is 23.8 Å². The van der Waals surface area contributed by atoms with Crippen LogP contribution in [0.3, 0.4) is 0 Å². The second-order valence-electron chi connectivity index (χ2n) is 6.80. The van der Waals surface area contributed by atoms with Crippen molar-refractivity contribution in [3.05, 3.63) is 41.7 Å². The largest absolute Gasteiger partial charge is 0.454 e. The summed E-state index contributed by atoms with van der Waals surface area (Å²) < 4.78 is 57.7. The van der Waals surface area contributed by atoms with Crippen LogP contribution in [-0.2, 0) is 10.9 Å². The molecule has 0 spiro atoms. The molecule has 0 unspecified atom stereocenters. The van der Waals surface area contributed by atoms with Crippen molar-refractivity contribution in [1.29, 1.82) is 0 Å². The number of benzene rings is 1. The van der Waals surface area contributed by atoms with Crippen LogP contribution >= 0.6 is 0 Å². The molecule has 0 radical (unpaired) electrons. The number of ether oxygens (including phenoxy) is 3. The van der Waals surface area contributed by atoms with Crippen molar-refractivity contribution in [2.75, 3.05) is 33.1 Å². The van der Waals surface area contributed by atoms with Gasteiger partial charge in [-0.1, -0.05) is 0 Å². The zero-order valence-corrected chi connectivity index (χ0v) is 15.5. The average Bonchev–Trinajstić information content (AvgIpc) is 3.38. The molecule has 8 nitrogen and oxygen atoms in total. The standard InChI is InChI=1S/C19H15F3N4O4/c20-19(21,22)16-8-12(11-1-2-14-15(7-11)30-10-29-14)23-17-9-13(24-26(16)17)18(27)25-3-5-28-6-4-25/h1-2,7-9H,3-6,10H2. The molecule has 1 saturated heterocycles. The summed E-state index contributed by atoms with van der Waals surface area (Å²) in [5.41, 5.74) is -0.694. The molecule has 2 aliphatic heterocycles. The van der Waals surface area contributed by atoms with Crippen molar-refractivity contribution < 1.29 is 32.2 Å². The Bertz CT molecular complexity index is 1140. The quantitative estimate of drug-likeness (QED) is 0.634. The summed E-state index contributed by atoms with van der Waals surface area (Å²) in [7, 11) is 0. The Labute approximate surface area is 167 Å². The molecule has 2 aromatic heterocycles. The van der Waals surface area contributed by atoms with Crippen LogP contribution in [0.2, 0.25) is 0 Å². The Balaban J connectivity index is 1.60. The molecule has 30 heavy (non-hydrogen) atoms. The van der Waals surface area contributed by atoms with Gasteiger partial charge in [0.2, 0.25) is 6.79 Å². The zero-order chi connectivity index (χ0) is 20.9. The summed E-state index contributed by atoms with van der Waals surface area (Å²) in [5.74, 6) is 0.486. The third-order valence-electron chi connectivity index (χ3n) is 4.90. The first-order valence-electron chi connectivity index (χ1n) is 9.15. The van der Waals surface area contributed by atoms with Gasteiger partial charge in [-0.05, 0) is 24.3 Å². The number of amides is 1. The minimum Gasteiger partial charge on any atom is -0.454 e. The number of hydrogen-bond donors (Lipinski definition) is 0. The van der Waals surface area contributed by atoms with Crippen molar-refractivity contribution in [3.8, 4) is 22.8 Å². The summed E-state index contributed by atoms with van der Waals surface area (Å²) in [6, 6.07) is 6.95. The van der Waals surface area contributed by atoms with Crippen LogP contribution in [0.5, 0.6) is 11.5 Å². The van der Waals surface area contributed by atoms with Crippen LogP contribution in [-0.4, -0.2) is 58.5 Å². The molecular weight excluding hydrogens is 405 g/mol. The molecule has 1 aromatic carbocycles. The molecule has 0 atom stereocenters. The normalized spacial score (nSPS) is 16.3. The number of fused-ring (bicyclic) bond motifs is 2. The van der Waals surface area contributed by atoms with Crippen molar-refractivity contribution in [2.24, 2.45) is 0 Å². The van der Waals surface area contributed by atoms with Gasteiger partial charge < -0.3 is 19.1 Å². The van der Waals surface area contributed by atoms with Gasteiger partial charge in [-0.25, -0.2) is 9.50 Å². The molecule has 11 heteroatoms. The minimum absolute atomic E-state index is 0.0503. The molecule has 4 heterocycles. The molecule has 156 valence electrons. The zero-order valence-electron chi connectivity index (χ0n) is 15.5. The molecule has 0 bridgehead atoms. The minimum atomic E-state index is -4.70. The van der Waals surface area contributed by atoms with E-state index in [1.165, 1.54) is 11.0 Å². The summed E-state index contributed by atoms with van der Waals surface area (Å²) in [5, 5.41) is 3.90. The van der Waals surface area contributed by atoms with E-state index in [0.717, 1.165) is 6.07 Å². The van der Waals surface area contributed by atoms with Crippen molar-refractivity contribution in [1.82, 2.24) is 19.5 Å². The number of morpholine rings is 1. The monoisotopic (exact) mass is 420 g/mol. The van der Waals surface area contributed by atoms with Crippen molar-refractivity contribution in [3.63, 3.8) is 0 Å². The number of alkyl halides is 3. The Morgan fingerprint density at radius 1 is 1.03 bits per heavy atom. The number of rotatable bonds is 2. The van der Waals surface area contributed by atoms with Gasteiger partial charge in [0, 0.05) is 24.7 Å². The first-order valence-corrected chi connectivity index (χ1v) is 9.15. The van der Waals surface area contributed by atoms with Crippen LogP contribution in [0.4, 0.5) is 13.2 Å². The summed E-state index contributed by atoms with van der Waals surface area (Å²) >= 11 is 0. The predicted molar refractivity (Wildman–Crippen MR) is 96.3 cm³/mol. The molecule has 0 N–H and O–H groups in total. The summed E-state index contributed by atoms with van der Waals surface area (Å²) in [6.07, 6.45) is -4.70. The smallest absolute Gasteiger partial charge is 0.433 e. The Kier molecular flexibility index (Phi) is 4.28. The van der Waals surface area contributed by atoms with Gasteiger partial charge in [0.05, 0.1) is 18.9 Å². The van der Waals surface area contributed by atoms with Gasteiger partial charge in [0.15, 0.2) is 28.5 Å².